The van der Waals surface area contributed by atoms with Crippen molar-refractivity contribution in [2.75, 3.05) is 11.4 Å². The summed E-state index contributed by atoms with van der Waals surface area (Å²) in [6, 6.07) is 70.6. The van der Waals surface area contributed by atoms with Crippen molar-refractivity contribution >= 4 is 44.0 Å². The van der Waals surface area contributed by atoms with Crippen LogP contribution in [0.25, 0.3) is 94.2 Å². The molecule has 0 N–H and O–H groups in total. The lowest BCUT2D eigenvalue weighted by Gasteiger charge is -2.34. The molecule has 0 atom stereocenters. The van der Waals surface area contributed by atoms with Crippen LogP contribution in [0.15, 0.2) is 194 Å². The molecule has 9 aromatic carbocycles. The van der Waals surface area contributed by atoms with E-state index < -0.39 is 0 Å². The standard InChI is InChI=1S/C53H37N3/c1-2-55-47-29-16-28-46-52(47)56(53(54-46)37-21-10-5-11-22-37)48-30-15-27-41(51(48)55)39-31-32-44-45(34-39)50(40-24-14-23-38(33-40)35-17-6-3-7-18-35)43-26-13-12-25-42(43)49(44)36-19-8-4-9-20-36/h3-34H,2H2,1H3. The molecule has 3 nitrogen and oxygen atoms in total. The molecule has 264 valence electrons. The quantitative estimate of drug-likeness (QED) is 0.160. The van der Waals surface area contributed by atoms with Gasteiger partial charge in [0.2, 0.25) is 0 Å². The van der Waals surface area contributed by atoms with Crippen molar-refractivity contribution in [3.63, 3.8) is 0 Å². The average Bonchev–Trinajstić information content (AvgIpc) is 3.67. The summed E-state index contributed by atoms with van der Waals surface area (Å²) in [5.74, 6) is 0.959. The van der Waals surface area contributed by atoms with E-state index >= 15 is 0 Å². The zero-order chi connectivity index (χ0) is 37.2. The molecule has 3 heteroatoms. The number of hydrogen-bond donors (Lipinski definition) is 0. The lowest BCUT2D eigenvalue weighted by atomic mass is 9.84. The highest BCUT2D eigenvalue weighted by molar-refractivity contribution is 6.22. The minimum atomic E-state index is 0.822. The van der Waals surface area contributed by atoms with Crippen LogP contribution < -0.4 is 4.90 Å². The molecule has 1 aliphatic heterocycles. The van der Waals surface area contributed by atoms with E-state index in [9.17, 15) is 0 Å². The molecule has 0 saturated heterocycles. The second-order valence-corrected chi connectivity index (χ2v) is 14.6. The zero-order valence-electron chi connectivity index (χ0n) is 31.0. The van der Waals surface area contributed by atoms with E-state index in [2.05, 4.69) is 211 Å². The fourth-order valence-electron chi connectivity index (χ4n) is 9.08. The predicted molar refractivity (Wildman–Crippen MR) is 236 cm³/mol. The van der Waals surface area contributed by atoms with Gasteiger partial charge < -0.3 is 4.90 Å². The molecule has 0 spiro atoms. The average molecular weight is 716 g/mol. The zero-order valence-corrected chi connectivity index (χ0v) is 31.0. The maximum atomic E-state index is 5.24. The van der Waals surface area contributed by atoms with Gasteiger partial charge >= 0.3 is 0 Å². The highest BCUT2D eigenvalue weighted by Gasteiger charge is 2.30. The lowest BCUT2D eigenvalue weighted by molar-refractivity contribution is 0.975. The summed E-state index contributed by atoms with van der Waals surface area (Å²) in [6.07, 6.45) is 0. The number of benzene rings is 9. The Morgan fingerprint density at radius 2 is 0.982 bits per heavy atom. The van der Waals surface area contributed by atoms with E-state index in [-0.39, 0.29) is 0 Å². The monoisotopic (exact) mass is 715 g/mol. The van der Waals surface area contributed by atoms with Gasteiger partial charge in [-0.2, -0.15) is 0 Å². The molecular weight excluding hydrogens is 679 g/mol. The van der Waals surface area contributed by atoms with Crippen molar-refractivity contribution < 1.29 is 0 Å². The molecular formula is C53H37N3. The highest BCUT2D eigenvalue weighted by atomic mass is 15.2. The Morgan fingerprint density at radius 1 is 0.411 bits per heavy atom. The van der Waals surface area contributed by atoms with Gasteiger partial charge in [0.05, 0.1) is 28.1 Å². The number of nitrogens with zero attached hydrogens (tertiary/aromatic N) is 3. The lowest BCUT2D eigenvalue weighted by Crippen LogP contribution is -2.23. The van der Waals surface area contributed by atoms with E-state index in [1.807, 2.05) is 0 Å². The minimum Gasteiger partial charge on any atom is -0.338 e. The third-order valence-electron chi connectivity index (χ3n) is 11.5. The maximum Gasteiger partial charge on any atom is 0.145 e. The van der Waals surface area contributed by atoms with Gasteiger partial charge in [-0.1, -0.05) is 164 Å². The molecule has 0 amide bonds. The molecule has 56 heavy (non-hydrogen) atoms. The first kappa shape index (κ1) is 32.2. The van der Waals surface area contributed by atoms with E-state index in [1.54, 1.807) is 0 Å². The smallest absolute Gasteiger partial charge is 0.145 e. The number of fused-ring (bicyclic) bond motifs is 4. The van der Waals surface area contributed by atoms with Gasteiger partial charge in [0.15, 0.2) is 0 Å². The van der Waals surface area contributed by atoms with Gasteiger partial charge in [0, 0.05) is 17.7 Å². The van der Waals surface area contributed by atoms with Crippen molar-refractivity contribution in [1.29, 1.82) is 0 Å². The molecule has 2 heterocycles. The second kappa shape index (κ2) is 13.0. The van der Waals surface area contributed by atoms with Gasteiger partial charge in [0.25, 0.3) is 0 Å². The van der Waals surface area contributed by atoms with Crippen molar-refractivity contribution in [1.82, 2.24) is 9.55 Å². The van der Waals surface area contributed by atoms with Crippen LogP contribution >= 0.6 is 0 Å². The van der Waals surface area contributed by atoms with Crippen LogP contribution in [0.3, 0.4) is 0 Å². The number of aromatic nitrogens is 2. The van der Waals surface area contributed by atoms with Crippen LogP contribution in [0.4, 0.5) is 11.4 Å². The number of para-hydroxylation sites is 2. The molecule has 10 aromatic rings. The Morgan fingerprint density at radius 3 is 1.71 bits per heavy atom. The number of imidazole rings is 1. The predicted octanol–water partition coefficient (Wildman–Crippen LogP) is 14.1. The summed E-state index contributed by atoms with van der Waals surface area (Å²) < 4.78 is 2.38. The fraction of sp³-hybridized carbons (Fsp3) is 0.0377. The first-order chi connectivity index (χ1) is 27.8. The highest BCUT2D eigenvalue weighted by Crippen LogP contribution is 2.50. The van der Waals surface area contributed by atoms with Crippen molar-refractivity contribution in [2.45, 2.75) is 6.92 Å². The molecule has 0 saturated carbocycles. The first-order valence-electron chi connectivity index (χ1n) is 19.4. The van der Waals surface area contributed by atoms with Crippen molar-refractivity contribution in [3.05, 3.63) is 194 Å². The Bertz CT molecular complexity index is 3110. The number of hydrogen-bond acceptors (Lipinski definition) is 2. The molecule has 1 aromatic heterocycles. The topological polar surface area (TPSA) is 21.1 Å². The van der Waals surface area contributed by atoms with Gasteiger partial charge in [0.1, 0.15) is 5.82 Å². The van der Waals surface area contributed by atoms with E-state index in [1.165, 1.54) is 77.4 Å². The third-order valence-corrected chi connectivity index (χ3v) is 11.5. The van der Waals surface area contributed by atoms with Gasteiger partial charge in [-0.25, -0.2) is 4.98 Å². The summed E-state index contributed by atoms with van der Waals surface area (Å²) >= 11 is 0. The summed E-state index contributed by atoms with van der Waals surface area (Å²) in [7, 11) is 0. The minimum absolute atomic E-state index is 0.822. The Labute approximate surface area is 326 Å². The Balaban J connectivity index is 1.21. The van der Waals surface area contributed by atoms with Crippen LogP contribution in [-0.4, -0.2) is 16.1 Å². The van der Waals surface area contributed by atoms with Gasteiger partial charge in [-0.15, -0.1) is 0 Å². The molecule has 0 unspecified atom stereocenters. The van der Waals surface area contributed by atoms with Gasteiger partial charge in [-0.3, -0.25) is 4.57 Å². The largest absolute Gasteiger partial charge is 0.338 e. The fourth-order valence-corrected chi connectivity index (χ4v) is 9.08. The maximum absolute atomic E-state index is 5.24. The summed E-state index contributed by atoms with van der Waals surface area (Å²) in [5.41, 5.74) is 16.5. The number of anilines is 2. The summed E-state index contributed by atoms with van der Waals surface area (Å²) in [5, 5.41) is 4.97. The van der Waals surface area contributed by atoms with Crippen molar-refractivity contribution in [2.24, 2.45) is 0 Å². The van der Waals surface area contributed by atoms with Crippen LogP contribution in [0.2, 0.25) is 0 Å². The second-order valence-electron chi connectivity index (χ2n) is 14.6. The normalized spacial score (nSPS) is 12.1. The van der Waals surface area contributed by atoms with Crippen LogP contribution in [-0.2, 0) is 0 Å². The van der Waals surface area contributed by atoms with Crippen LogP contribution in [0, 0.1) is 0 Å². The molecule has 0 bridgehead atoms. The summed E-state index contributed by atoms with van der Waals surface area (Å²) in [4.78, 5) is 7.72. The first-order valence-corrected chi connectivity index (χ1v) is 19.4. The molecule has 1 aliphatic rings. The molecule has 0 radical (unpaired) electrons. The third kappa shape index (κ3) is 4.94. The molecule has 0 aliphatic carbocycles. The van der Waals surface area contributed by atoms with Crippen molar-refractivity contribution in [3.8, 4) is 61.6 Å². The summed E-state index contributed by atoms with van der Waals surface area (Å²) in [6.45, 7) is 3.07. The van der Waals surface area contributed by atoms with Crippen LogP contribution in [0.5, 0.6) is 0 Å². The Hall–Kier alpha value is -7.23. The van der Waals surface area contributed by atoms with Gasteiger partial charge in [-0.05, 0) is 97.7 Å². The number of rotatable bonds is 6. The molecule has 0 fully saturated rings. The SMILES string of the molecule is CCN1c2c(-c3ccc4c(-c5ccccc5)c5ccccc5c(-c5cccc(-c6ccccc6)c5)c4c3)cccc2-n2c(-c3ccccc3)nc3cccc1c32. The molecule has 11 rings (SSSR count). The van der Waals surface area contributed by atoms with Crippen LogP contribution in [0.1, 0.15) is 6.92 Å². The Kier molecular flexibility index (Phi) is 7.46. The van der Waals surface area contributed by atoms with E-state index in [0.29, 0.717) is 0 Å². The van der Waals surface area contributed by atoms with E-state index in [4.69, 9.17) is 4.98 Å². The van der Waals surface area contributed by atoms with E-state index in [0.717, 1.165) is 34.7 Å².